The average molecular weight is 1050 g/mol. The molecule has 1 fully saturated rings. The Labute approximate surface area is 454 Å². The van der Waals surface area contributed by atoms with Crippen LogP contribution in [0.4, 0.5) is 0 Å². The number of allylic oxidation sites excluding steroid dienone is 6. The summed E-state index contributed by atoms with van der Waals surface area (Å²) in [6, 6.07) is -1.19. The van der Waals surface area contributed by atoms with Crippen molar-refractivity contribution in [3.05, 3.63) is 36.5 Å². The summed E-state index contributed by atoms with van der Waals surface area (Å²) in [7, 11) is 0. The summed E-state index contributed by atoms with van der Waals surface area (Å²) >= 11 is 0. The standard InChI is InChI=1S/C63H119NO10/c1-3-5-7-9-11-13-15-17-19-21-23-25-26-27-28-29-31-33-35-37-39-41-43-45-47-49-51-56(67)62(72)64-54(53-73-63-61(71)60(70)59(69)57(52-65)74-63)58(68)55(66)50-48-46-44-42-40-38-36-34-32-30-24-22-20-18-16-14-12-10-8-6-4-2/h23,25,27-28,42,44,54-61,63,65-71H,3-22,24,26,29-41,43,45-53H2,1-2H3,(H,64,72)/b25-23-,28-27-,44-42+. The molecular weight excluding hydrogens is 931 g/mol. The molecule has 0 aromatic rings. The minimum Gasteiger partial charge on any atom is -0.394 e. The smallest absolute Gasteiger partial charge is 0.249 e. The summed E-state index contributed by atoms with van der Waals surface area (Å²) in [5.41, 5.74) is 0. The van der Waals surface area contributed by atoms with Gasteiger partial charge in [-0.2, -0.15) is 0 Å². The molecule has 0 saturated carbocycles. The maximum absolute atomic E-state index is 13.2. The Hall–Kier alpha value is -1.67. The van der Waals surface area contributed by atoms with Crippen molar-refractivity contribution in [3.63, 3.8) is 0 Å². The van der Waals surface area contributed by atoms with Gasteiger partial charge in [0.15, 0.2) is 6.29 Å². The molecule has 0 bridgehead atoms. The van der Waals surface area contributed by atoms with Gasteiger partial charge in [-0.25, -0.2) is 0 Å². The third kappa shape index (κ3) is 39.7. The summed E-state index contributed by atoms with van der Waals surface area (Å²) in [5, 5.41) is 76.3. The van der Waals surface area contributed by atoms with Gasteiger partial charge in [-0.3, -0.25) is 4.79 Å². The van der Waals surface area contributed by atoms with Crippen LogP contribution in [-0.4, -0.2) is 110 Å². The molecule has 74 heavy (non-hydrogen) atoms. The first kappa shape index (κ1) is 70.3. The monoisotopic (exact) mass is 1050 g/mol. The molecule has 9 unspecified atom stereocenters. The summed E-state index contributed by atoms with van der Waals surface area (Å²) < 4.78 is 11.2. The van der Waals surface area contributed by atoms with E-state index in [-0.39, 0.29) is 12.8 Å². The highest BCUT2D eigenvalue weighted by Gasteiger charge is 2.44. The van der Waals surface area contributed by atoms with Gasteiger partial charge in [0.05, 0.1) is 25.4 Å². The van der Waals surface area contributed by atoms with Crippen molar-refractivity contribution >= 4 is 5.91 Å². The lowest BCUT2D eigenvalue weighted by molar-refractivity contribution is -0.303. The van der Waals surface area contributed by atoms with E-state index < -0.39 is 74.2 Å². The summed E-state index contributed by atoms with van der Waals surface area (Å²) in [6.45, 7) is 3.47. The van der Waals surface area contributed by atoms with Crippen molar-refractivity contribution in [3.8, 4) is 0 Å². The van der Waals surface area contributed by atoms with E-state index in [1.807, 2.05) is 0 Å². The van der Waals surface area contributed by atoms with Crippen molar-refractivity contribution in [2.75, 3.05) is 13.2 Å². The Morgan fingerprint density at radius 2 is 0.838 bits per heavy atom. The fraction of sp³-hybridized carbons (Fsp3) is 0.889. The molecule has 1 saturated heterocycles. The number of aliphatic hydroxyl groups is 7. The molecule has 1 aliphatic heterocycles. The lowest BCUT2D eigenvalue weighted by Crippen LogP contribution is -2.60. The van der Waals surface area contributed by atoms with Crippen LogP contribution >= 0.6 is 0 Å². The highest BCUT2D eigenvalue weighted by Crippen LogP contribution is 2.23. The van der Waals surface area contributed by atoms with Crippen LogP contribution in [-0.2, 0) is 14.3 Å². The summed E-state index contributed by atoms with van der Waals surface area (Å²) in [4.78, 5) is 13.2. The van der Waals surface area contributed by atoms with E-state index in [9.17, 15) is 40.5 Å². The SMILES string of the molecule is CCCCCCCCCCC/C=C\C/C=C\CCCCCCCCCCCCC(O)C(=O)NC(COC1OC(CO)C(O)C(O)C1O)C(O)C(O)CCC/C=C/CCCCCCCCCCCCCCCCCC. The molecule has 9 atom stereocenters. The first-order valence-corrected chi connectivity index (χ1v) is 31.4. The Kier molecular flexibility index (Phi) is 49.5. The van der Waals surface area contributed by atoms with E-state index in [0.717, 1.165) is 51.4 Å². The zero-order valence-electron chi connectivity index (χ0n) is 47.8. The fourth-order valence-electron chi connectivity index (χ4n) is 10.1. The zero-order valence-corrected chi connectivity index (χ0v) is 47.8. The third-order valence-electron chi connectivity index (χ3n) is 15.2. The van der Waals surface area contributed by atoms with E-state index in [1.165, 1.54) is 199 Å². The first-order valence-electron chi connectivity index (χ1n) is 31.4. The van der Waals surface area contributed by atoms with Crippen molar-refractivity contribution in [1.29, 1.82) is 0 Å². The van der Waals surface area contributed by atoms with Crippen LogP contribution in [0.2, 0.25) is 0 Å². The molecule has 1 heterocycles. The van der Waals surface area contributed by atoms with Crippen LogP contribution in [0.1, 0.15) is 290 Å². The fourth-order valence-corrected chi connectivity index (χ4v) is 10.1. The van der Waals surface area contributed by atoms with E-state index in [0.29, 0.717) is 12.8 Å². The van der Waals surface area contributed by atoms with Gasteiger partial charge in [-0.05, 0) is 70.6 Å². The molecule has 1 rings (SSSR count). The van der Waals surface area contributed by atoms with Crippen LogP contribution in [0.5, 0.6) is 0 Å². The summed E-state index contributed by atoms with van der Waals surface area (Å²) in [5.74, 6) is -0.706. The van der Waals surface area contributed by atoms with Crippen LogP contribution in [0.15, 0.2) is 36.5 Å². The lowest BCUT2D eigenvalue weighted by atomic mass is 9.98. The van der Waals surface area contributed by atoms with Crippen LogP contribution in [0.25, 0.3) is 0 Å². The number of carbonyl (C=O) groups excluding carboxylic acids is 1. The highest BCUT2D eigenvalue weighted by molar-refractivity contribution is 5.80. The summed E-state index contributed by atoms with van der Waals surface area (Å²) in [6.07, 6.45) is 53.5. The van der Waals surface area contributed by atoms with Gasteiger partial charge in [0.1, 0.15) is 36.6 Å². The number of unbranched alkanes of at least 4 members (excludes halogenated alkanes) is 36. The number of carbonyl (C=O) groups is 1. The second-order valence-electron chi connectivity index (χ2n) is 22.1. The van der Waals surface area contributed by atoms with Gasteiger partial charge in [-0.1, -0.05) is 256 Å². The van der Waals surface area contributed by atoms with Gasteiger partial charge in [0.2, 0.25) is 5.91 Å². The van der Waals surface area contributed by atoms with Crippen LogP contribution in [0, 0.1) is 0 Å². The third-order valence-corrected chi connectivity index (χ3v) is 15.2. The Bertz CT molecular complexity index is 1300. The minimum absolute atomic E-state index is 0.251. The predicted octanol–water partition coefficient (Wildman–Crippen LogP) is 13.9. The topological polar surface area (TPSA) is 189 Å². The molecule has 0 aromatic carbocycles. The number of ether oxygens (including phenoxy) is 2. The first-order chi connectivity index (χ1) is 36.2. The maximum Gasteiger partial charge on any atom is 0.249 e. The lowest BCUT2D eigenvalue weighted by Gasteiger charge is -2.40. The number of aliphatic hydroxyl groups excluding tert-OH is 7. The average Bonchev–Trinajstić information content (AvgIpc) is 3.40. The normalized spacial score (nSPS) is 20.0. The van der Waals surface area contributed by atoms with Gasteiger partial charge >= 0.3 is 0 Å². The van der Waals surface area contributed by atoms with Crippen molar-refractivity contribution in [1.82, 2.24) is 5.32 Å². The van der Waals surface area contributed by atoms with Crippen molar-refractivity contribution in [2.45, 2.75) is 345 Å². The quantitative estimate of drug-likeness (QED) is 0.0215. The molecular formula is C63H119NO10. The second-order valence-corrected chi connectivity index (χ2v) is 22.1. The molecule has 0 spiro atoms. The number of amides is 1. The van der Waals surface area contributed by atoms with E-state index >= 15 is 0 Å². The van der Waals surface area contributed by atoms with Gasteiger partial charge in [0, 0.05) is 0 Å². The molecule has 0 radical (unpaired) electrons. The molecule has 1 amide bonds. The largest absolute Gasteiger partial charge is 0.394 e. The molecule has 0 aliphatic carbocycles. The van der Waals surface area contributed by atoms with E-state index in [4.69, 9.17) is 9.47 Å². The molecule has 8 N–H and O–H groups in total. The van der Waals surface area contributed by atoms with Crippen molar-refractivity contribution in [2.24, 2.45) is 0 Å². The van der Waals surface area contributed by atoms with E-state index in [2.05, 4.69) is 55.6 Å². The minimum atomic E-state index is -1.67. The number of hydrogen-bond donors (Lipinski definition) is 8. The number of hydrogen-bond acceptors (Lipinski definition) is 10. The molecule has 11 nitrogen and oxygen atoms in total. The van der Waals surface area contributed by atoms with Crippen LogP contribution in [0.3, 0.4) is 0 Å². The maximum atomic E-state index is 13.2. The van der Waals surface area contributed by atoms with E-state index in [1.54, 1.807) is 0 Å². The predicted molar refractivity (Wildman–Crippen MR) is 307 cm³/mol. The Morgan fingerprint density at radius 3 is 1.24 bits per heavy atom. The molecule has 0 aromatic heterocycles. The number of rotatable bonds is 54. The second kappa shape index (κ2) is 52.1. The van der Waals surface area contributed by atoms with Crippen LogP contribution < -0.4 is 5.32 Å². The van der Waals surface area contributed by atoms with Crippen molar-refractivity contribution < 1.29 is 50.0 Å². The van der Waals surface area contributed by atoms with Gasteiger partial charge < -0.3 is 50.5 Å². The molecule has 1 aliphatic rings. The van der Waals surface area contributed by atoms with Gasteiger partial charge in [-0.15, -0.1) is 0 Å². The number of nitrogens with one attached hydrogen (secondary N) is 1. The molecule has 436 valence electrons. The Morgan fingerprint density at radius 1 is 0.473 bits per heavy atom. The molecule has 11 heteroatoms. The Balaban J connectivity index is 2.29. The van der Waals surface area contributed by atoms with Gasteiger partial charge in [0.25, 0.3) is 0 Å². The highest BCUT2D eigenvalue weighted by atomic mass is 16.7. The zero-order chi connectivity index (χ0) is 54.0.